The number of aliphatic hydroxyl groups is 1. The largest absolute Gasteiger partial charge is 0.387 e. The van der Waals surface area contributed by atoms with Crippen molar-refractivity contribution in [3.05, 3.63) is 41.9 Å². The average molecular weight is 536 g/mol. The van der Waals surface area contributed by atoms with Gasteiger partial charge in [0.05, 0.1) is 48.4 Å². The zero-order chi connectivity index (χ0) is 27.6. The summed E-state index contributed by atoms with van der Waals surface area (Å²) in [5.74, 6) is 1.35. The number of hydrogen-bond acceptors (Lipinski definition) is 8. The quantitative estimate of drug-likeness (QED) is 0.378. The van der Waals surface area contributed by atoms with Gasteiger partial charge >= 0.3 is 0 Å². The van der Waals surface area contributed by atoms with E-state index in [1.807, 2.05) is 0 Å². The second-order valence-corrected chi connectivity index (χ2v) is 11.2. The van der Waals surface area contributed by atoms with Crippen LogP contribution in [0.15, 0.2) is 30.7 Å². The third kappa shape index (κ3) is 6.18. The lowest BCUT2D eigenvalue weighted by Gasteiger charge is -2.34. The molecule has 1 amide bonds. The maximum atomic E-state index is 14.3. The molecule has 10 nitrogen and oxygen atoms in total. The first kappa shape index (κ1) is 27.0. The molecule has 0 radical (unpaired) electrons. The van der Waals surface area contributed by atoms with Gasteiger partial charge in [0, 0.05) is 35.8 Å². The third-order valence-electron chi connectivity index (χ3n) is 7.68. The Morgan fingerprint density at radius 1 is 1.21 bits per heavy atom. The lowest BCUT2D eigenvalue weighted by molar-refractivity contribution is -0.0446. The Balaban J connectivity index is 1.37. The van der Waals surface area contributed by atoms with E-state index in [2.05, 4.69) is 31.8 Å². The van der Waals surface area contributed by atoms with Gasteiger partial charge in [-0.1, -0.05) is 0 Å². The van der Waals surface area contributed by atoms with Gasteiger partial charge in [0.15, 0.2) is 11.5 Å². The number of carbonyl (C=O) groups excluding carboxylic acids is 1. The predicted octanol–water partition coefficient (Wildman–Crippen LogP) is 3.53. The van der Waals surface area contributed by atoms with E-state index in [-0.39, 0.29) is 18.2 Å². The van der Waals surface area contributed by atoms with Crippen molar-refractivity contribution in [2.75, 3.05) is 25.1 Å². The minimum Gasteiger partial charge on any atom is -0.387 e. The molecule has 2 fully saturated rings. The van der Waals surface area contributed by atoms with E-state index in [0.717, 1.165) is 38.9 Å². The number of carbonyl (C=O) groups is 1. The zero-order valence-electron chi connectivity index (χ0n) is 22.2. The molecular formula is C28H34FN7O3. The van der Waals surface area contributed by atoms with Gasteiger partial charge in [-0.15, -0.1) is 0 Å². The Morgan fingerprint density at radius 3 is 2.64 bits per heavy atom. The molecule has 4 heterocycles. The Kier molecular flexibility index (Phi) is 7.77. The second kappa shape index (κ2) is 11.2. The van der Waals surface area contributed by atoms with Crippen molar-refractivity contribution in [2.45, 2.75) is 63.8 Å². The second-order valence-electron chi connectivity index (χ2n) is 11.2. The Morgan fingerprint density at radius 2 is 1.97 bits per heavy atom. The number of anilines is 1. The molecule has 0 spiro atoms. The average Bonchev–Trinajstić information content (AvgIpc) is 3.32. The number of ether oxygens (including phenoxy) is 1. The summed E-state index contributed by atoms with van der Waals surface area (Å²) >= 11 is 0. The van der Waals surface area contributed by atoms with Gasteiger partial charge in [0.25, 0.3) is 5.91 Å². The highest BCUT2D eigenvalue weighted by Crippen LogP contribution is 2.33. The molecule has 39 heavy (non-hydrogen) atoms. The SMILES string of the molecule is CC(C)(O)[C@H](F)CNC(=O)c1cnc(-n2ncc3cc(C#N)cnc32)cc1NC1CCC(CC2COC2)CC1. The van der Waals surface area contributed by atoms with Crippen LogP contribution in [0.25, 0.3) is 16.9 Å². The number of pyridine rings is 2. The van der Waals surface area contributed by atoms with E-state index in [4.69, 9.17) is 4.74 Å². The van der Waals surface area contributed by atoms with Crippen molar-refractivity contribution < 1.29 is 19.0 Å². The van der Waals surface area contributed by atoms with Gasteiger partial charge in [-0.25, -0.2) is 14.4 Å². The highest BCUT2D eigenvalue weighted by atomic mass is 19.1. The van der Waals surface area contributed by atoms with E-state index in [1.54, 1.807) is 23.0 Å². The van der Waals surface area contributed by atoms with Gasteiger partial charge in [0.2, 0.25) is 0 Å². The Hall–Kier alpha value is -3.62. The minimum absolute atomic E-state index is 0.177. The molecule has 1 saturated heterocycles. The highest BCUT2D eigenvalue weighted by Gasteiger charge is 2.29. The summed E-state index contributed by atoms with van der Waals surface area (Å²) in [6, 6.07) is 5.71. The lowest BCUT2D eigenvalue weighted by Crippen LogP contribution is -2.42. The van der Waals surface area contributed by atoms with Gasteiger partial charge in [-0.05, 0) is 57.9 Å². The number of alkyl halides is 1. The van der Waals surface area contributed by atoms with Crippen LogP contribution in [0.1, 0.15) is 61.9 Å². The number of fused-ring (bicyclic) bond motifs is 1. The molecule has 0 bridgehead atoms. The van der Waals surface area contributed by atoms with Gasteiger partial charge in [-0.3, -0.25) is 4.79 Å². The molecule has 11 heteroatoms. The molecule has 1 atom stereocenters. The summed E-state index contributed by atoms with van der Waals surface area (Å²) < 4.78 is 21.2. The summed E-state index contributed by atoms with van der Waals surface area (Å²) in [6.45, 7) is 4.15. The number of amides is 1. The number of rotatable bonds is 9. The summed E-state index contributed by atoms with van der Waals surface area (Å²) in [5, 5.41) is 30.3. The maximum absolute atomic E-state index is 14.3. The van der Waals surface area contributed by atoms with Crippen LogP contribution in [0.3, 0.4) is 0 Å². The number of nitrogens with zero attached hydrogens (tertiary/aromatic N) is 5. The molecule has 0 aromatic carbocycles. The summed E-state index contributed by atoms with van der Waals surface area (Å²) in [7, 11) is 0. The predicted molar refractivity (Wildman–Crippen MR) is 143 cm³/mol. The molecule has 2 aliphatic rings. The van der Waals surface area contributed by atoms with Crippen LogP contribution in [0.2, 0.25) is 0 Å². The van der Waals surface area contributed by atoms with Gasteiger partial charge < -0.3 is 20.5 Å². The van der Waals surface area contributed by atoms with Crippen molar-refractivity contribution in [2.24, 2.45) is 11.8 Å². The summed E-state index contributed by atoms with van der Waals surface area (Å²) in [4.78, 5) is 22.0. The maximum Gasteiger partial charge on any atom is 0.255 e. The van der Waals surface area contributed by atoms with Crippen LogP contribution in [0, 0.1) is 23.2 Å². The first-order chi connectivity index (χ1) is 18.7. The fourth-order valence-electron chi connectivity index (χ4n) is 5.19. The zero-order valence-corrected chi connectivity index (χ0v) is 22.2. The molecule has 3 aromatic rings. The molecule has 1 aliphatic heterocycles. The molecule has 5 rings (SSSR count). The Labute approximate surface area is 226 Å². The fourth-order valence-corrected chi connectivity index (χ4v) is 5.19. The van der Waals surface area contributed by atoms with E-state index in [0.29, 0.717) is 39.9 Å². The normalized spacial score (nSPS) is 20.7. The standard InChI is InChI=1S/C28H34FN7O3/c1-28(2,38)24(29)14-33-27(37)22-13-31-25(36-26-20(12-34-36)8-18(10-30)11-32-26)9-23(22)35-21-5-3-17(4-6-21)7-19-15-39-16-19/h8-9,11-13,17,19,21,24,38H,3-7,14-16H2,1-2H3,(H,31,35)(H,33,37)/t17?,21?,24-/m1/s1. The van der Waals surface area contributed by atoms with Crippen LogP contribution in [0.5, 0.6) is 0 Å². The Bertz CT molecular complexity index is 1370. The van der Waals surface area contributed by atoms with Gasteiger partial charge in [-0.2, -0.15) is 15.0 Å². The fraction of sp³-hybridized carbons (Fsp3) is 0.536. The van der Waals surface area contributed by atoms with Crippen LogP contribution >= 0.6 is 0 Å². The first-order valence-electron chi connectivity index (χ1n) is 13.4. The van der Waals surface area contributed by atoms with Gasteiger partial charge in [0.1, 0.15) is 12.2 Å². The first-order valence-corrected chi connectivity index (χ1v) is 13.4. The van der Waals surface area contributed by atoms with Crippen LogP contribution in [-0.4, -0.2) is 68.3 Å². The topological polar surface area (TPSA) is 138 Å². The molecule has 3 N–H and O–H groups in total. The monoisotopic (exact) mass is 535 g/mol. The van der Waals surface area contributed by atoms with Crippen molar-refractivity contribution in [3.8, 4) is 11.9 Å². The number of nitriles is 1. The van der Waals surface area contributed by atoms with Crippen molar-refractivity contribution in [3.63, 3.8) is 0 Å². The van der Waals surface area contributed by atoms with Crippen molar-refractivity contribution in [1.82, 2.24) is 25.1 Å². The number of nitrogens with one attached hydrogen (secondary N) is 2. The lowest BCUT2D eigenvalue weighted by atomic mass is 9.80. The van der Waals surface area contributed by atoms with E-state index >= 15 is 0 Å². The van der Waals surface area contributed by atoms with Crippen LogP contribution in [0.4, 0.5) is 10.1 Å². The van der Waals surface area contributed by atoms with E-state index in [9.17, 15) is 19.6 Å². The molecule has 3 aromatic heterocycles. The molecule has 1 aliphatic carbocycles. The third-order valence-corrected chi connectivity index (χ3v) is 7.68. The minimum atomic E-state index is -1.62. The van der Waals surface area contributed by atoms with Crippen molar-refractivity contribution in [1.29, 1.82) is 5.26 Å². The van der Waals surface area contributed by atoms with E-state index < -0.39 is 17.7 Å². The molecule has 206 valence electrons. The highest BCUT2D eigenvalue weighted by molar-refractivity contribution is 5.99. The summed E-state index contributed by atoms with van der Waals surface area (Å²) in [6.07, 6.45) is 8.30. The number of hydrogen-bond donors (Lipinski definition) is 3. The smallest absolute Gasteiger partial charge is 0.255 e. The van der Waals surface area contributed by atoms with Crippen LogP contribution in [-0.2, 0) is 4.74 Å². The van der Waals surface area contributed by atoms with E-state index in [1.165, 1.54) is 32.7 Å². The van der Waals surface area contributed by atoms with Crippen molar-refractivity contribution >= 4 is 22.6 Å². The molecular weight excluding hydrogens is 501 g/mol. The number of aromatic nitrogens is 4. The molecule has 0 unspecified atom stereocenters. The summed E-state index contributed by atoms with van der Waals surface area (Å²) in [5.41, 5.74) is 0.258. The number of halogens is 1. The molecule has 1 saturated carbocycles. The van der Waals surface area contributed by atoms with Crippen LogP contribution < -0.4 is 10.6 Å².